The lowest BCUT2D eigenvalue weighted by molar-refractivity contribution is 0.291. The van der Waals surface area contributed by atoms with Crippen molar-refractivity contribution in [2.45, 2.75) is 6.54 Å². The summed E-state index contributed by atoms with van der Waals surface area (Å²) in [5.74, 6) is 0. The first kappa shape index (κ1) is 19.1. The molecular weight excluding hydrogens is 478 g/mol. The molecule has 0 amide bonds. The topological polar surface area (TPSA) is 9.72 Å². The zero-order chi connectivity index (χ0) is 19.5. The summed E-state index contributed by atoms with van der Waals surface area (Å²) in [6.45, 7) is 1.85. The molecule has 0 spiro atoms. The van der Waals surface area contributed by atoms with E-state index in [0.29, 0.717) is 0 Å². The molecule has 0 aliphatic carbocycles. The van der Waals surface area contributed by atoms with Gasteiger partial charge in [0.1, 0.15) is 0 Å². The van der Waals surface area contributed by atoms with Crippen LogP contribution in [0, 0.1) is 0 Å². The molecule has 3 aromatic carbocycles. The highest BCUT2D eigenvalue weighted by atomic mass is 79.9. The van der Waals surface area contributed by atoms with Crippen LogP contribution in [0.5, 0.6) is 0 Å². The zero-order valence-corrected chi connectivity index (χ0v) is 18.8. The molecule has 0 unspecified atom stereocenters. The number of rotatable bonds is 5. The van der Waals surface area contributed by atoms with Gasteiger partial charge in [-0.3, -0.25) is 0 Å². The van der Waals surface area contributed by atoms with E-state index in [1.807, 2.05) is 0 Å². The first-order chi connectivity index (χ1) is 13.6. The third-order valence-electron chi connectivity index (χ3n) is 4.69. The number of benzene rings is 3. The molecule has 1 aliphatic rings. The second-order valence-corrected chi connectivity index (χ2v) is 8.73. The zero-order valence-electron chi connectivity index (χ0n) is 15.6. The first-order valence-electron chi connectivity index (χ1n) is 9.11. The van der Waals surface area contributed by atoms with Gasteiger partial charge in [0.25, 0.3) is 0 Å². The standard InChI is InChI=1S/C23H21Br2N3/c1-26-14-15-27(17-26)16-18-2-8-21(9-3-18)28(22-10-4-19(24)5-11-22)23-12-6-20(25)7-13-23/h2-15H,16-17H2,1H3. The molecule has 0 atom stereocenters. The highest BCUT2D eigenvalue weighted by Crippen LogP contribution is 2.35. The van der Waals surface area contributed by atoms with Crippen molar-refractivity contribution < 1.29 is 0 Å². The molecule has 0 fully saturated rings. The molecule has 0 N–H and O–H groups in total. The smallest absolute Gasteiger partial charge is 0.0894 e. The quantitative estimate of drug-likeness (QED) is 0.380. The SMILES string of the molecule is CN1C=CN(Cc2ccc(N(c3ccc(Br)cc3)c3ccc(Br)cc3)cc2)C1. The molecule has 0 radical (unpaired) electrons. The summed E-state index contributed by atoms with van der Waals surface area (Å²) >= 11 is 7.07. The molecular formula is C23H21Br2N3. The van der Waals surface area contributed by atoms with E-state index >= 15 is 0 Å². The van der Waals surface area contributed by atoms with Gasteiger partial charge in [0, 0.05) is 52.0 Å². The minimum absolute atomic E-state index is 0.914. The van der Waals surface area contributed by atoms with Crippen LogP contribution in [0.15, 0.2) is 94.1 Å². The Hall–Kier alpha value is -2.24. The fourth-order valence-corrected chi connectivity index (χ4v) is 3.83. The van der Waals surface area contributed by atoms with Crippen molar-refractivity contribution in [1.29, 1.82) is 0 Å². The summed E-state index contributed by atoms with van der Waals surface area (Å²) < 4.78 is 2.15. The van der Waals surface area contributed by atoms with E-state index in [4.69, 9.17) is 0 Å². The lowest BCUT2D eigenvalue weighted by Gasteiger charge is -2.26. The summed E-state index contributed by atoms with van der Waals surface area (Å²) in [4.78, 5) is 6.75. The van der Waals surface area contributed by atoms with Crippen LogP contribution in [-0.4, -0.2) is 23.5 Å². The number of halogens is 2. The monoisotopic (exact) mass is 497 g/mol. The maximum atomic E-state index is 3.53. The lowest BCUT2D eigenvalue weighted by atomic mass is 10.1. The second-order valence-electron chi connectivity index (χ2n) is 6.90. The van der Waals surface area contributed by atoms with Gasteiger partial charge in [-0.15, -0.1) is 0 Å². The van der Waals surface area contributed by atoms with Gasteiger partial charge in [-0.1, -0.05) is 44.0 Å². The Balaban J connectivity index is 1.63. The van der Waals surface area contributed by atoms with E-state index < -0.39 is 0 Å². The van der Waals surface area contributed by atoms with Gasteiger partial charge in [0.05, 0.1) is 6.67 Å². The molecule has 3 aromatic rings. The summed E-state index contributed by atoms with van der Waals surface area (Å²) in [5.41, 5.74) is 4.70. The summed E-state index contributed by atoms with van der Waals surface area (Å²) in [6.07, 6.45) is 4.25. The Morgan fingerprint density at radius 2 is 1.18 bits per heavy atom. The van der Waals surface area contributed by atoms with Crippen molar-refractivity contribution >= 4 is 48.9 Å². The predicted octanol–water partition coefficient (Wildman–Crippen LogP) is 6.86. The summed E-state index contributed by atoms with van der Waals surface area (Å²) in [6, 6.07) is 25.6. The van der Waals surface area contributed by atoms with Crippen LogP contribution in [0.1, 0.15) is 5.56 Å². The Labute approximate surface area is 183 Å². The number of hydrogen-bond acceptors (Lipinski definition) is 3. The highest BCUT2D eigenvalue weighted by molar-refractivity contribution is 9.10. The van der Waals surface area contributed by atoms with Crippen LogP contribution in [0.3, 0.4) is 0 Å². The van der Waals surface area contributed by atoms with Crippen molar-refractivity contribution in [3.8, 4) is 0 Å². The predicted molar refractivity (Wildman–Crippen MR) is 124 cm³/mol. The van der Waals surface area contributed by atoms with Crippen molar-refractivity contribution in [2.75, 3.05) is 18.6 Å². The normalized spacial score (nSPS) is 13.2. The molecule has 5 heteroatoms. The Kier molecular flexibility index (Phi) is 5.74. The summed E-state index contributed by atoms with van der Waals surface area (Å²) in [7, 11) is 2.09. The molecule has 0 bridgehead atoms. The average molecular weight is 499 g/mol. The number of anilines is 3. The van der Waals surface area contributed by atoms with Crippen molar-refractivity contribution in [3.05, 3.63) is 99.7 Å². The van der Waals surface area contributed by atoms with Gasteiger partial charge >= 0.3 is 0 Å². The fraction of sp³-hybridized carbons (Fsp3) is 0.130. The first-order valence-corrected chi connectivity index (χ1v) is 10.7. The van der Waals surface area contributed by atoms with Crippen molar-refractivity contribution in [1.82, 2.24) is 9.80 Å². The molecule has 28 heavy (non-hydrogen) atoms. The molecule has 0 saturated carbocycles. The molecule has 1 heterocycles. The maximum absolute atomic E-state index is 3.53. The number of nitrogens with zero attached hydrogens (tertiary/aromatic N) is 3. The van der Waals surface area contributed by atoms with Crippen LogP contribution in [0.4, 0.5) is 17.1 Å². The second kappa shape index (κ2) is 8.41. The fourth-order valence-electron chi connectivity index (χ4n) is 3.30. The van der Waals surface area contributed by atoms with Crippen LogP contribution in [-0.2, 0) is 6.54 Å². The molecule has 0 aromatic heterocycles. The molecule has 0 saturated heterocycles. The number of hydrogen-bond donors (Lipinski definition) is 0. The van der Waals surface area contributed by atoms with E-state index in [9.17, 15) is 0 Å². The molecule has 142 valence electrons. The van der Waals surface area contributed by atoms with E-state index in [-0.39, 0.29) is 0 Å². The van der Waals surface area contributed by atoms with Crippen molar-refractivity contribution in [3.63, 3.8) is 0 Å². The third-order valence-corrected chi connectivity index (χ3v) is 5.74. The minimum Gasteiger partial charge on any atom is -0.362 e. The minimum atomic E-state index is 0.914. The van der Waals surface area contributed by atoms with Gasteiger partial charge in [-0.05, 0) is 66.2 Å². The van der Waals surface area contributed by atoms with Crippen molar-refractivity contribution in [2.24, 2.45) is 0 Å². The Morgan fingerprint density at radius 1 is 0.714 bits per heavy atom. The maximum Gasteiger partial charge on any atom is 0.0894 e. The average Bonchev–Trinajstić information content (AvgIpc) is 3.11. The van der Waals surface area contributed by atoms with Gasteiger partial charge < -0.3 is 14.7 Å². The van der Waals surface area contributed by atoms with Crippen LogP contribution < -0.4 is 4.90 Å². The van der Waals surface area contributed by atoms with Gasteiger partial charge in [-0.25, -0.2) is 0 Å². The lowest BCUT2D eigenvalue weighted by Crippen LogP contribution is -2.21. The Morgan fingerprint density at radius 3 is 1.61 bits per heavy atom. The van der Waals surface area contributed by atoms with E-state index in [1.165, 1.54) is 5.56 Å². The van der Waals surface area contributed by atoms with Gasteiger partial charge in [0.2, 0.25) is 0 Å². The summed E-state index contributed by atoms with van der Waals surface area (Å²) in [5, 5.41) is 0. The van der Waals surface area contributed by atoms with Gasteiger partial charge in [-0.2, -0.15) is 0 Å². The highest BCUT2D eigenvalue weighted by Gasteiger charge is 2.13. The molecule has 4 rings (SSSR count). The van der Waals surface area contributed by atoms with E-state index in [1.54, 1.807) is 0 Å². The molecule has 1 aliphatic heterocycles. The van der Waals surface area contributed by atoms with E-state index in [2.05, 4.69) is 139 Å². The van der Waals surface area contributed by atoms with Crippen LogP contribution in [0.25, 0.3) is 0 Å². The third kappa shape index (κ3) is 4.42. The molecule has 3 nitrogen and oxygen atoms in total. The van der Waals surface area contributed by atoms with Crippen LogP contribution >= 0.6 is 31.9 Å². The van der Waals surface area contributed by atoms with E-state index in [0.717, 1.165) is 39.2 Å². The van der Waals surface area contributed by atoms with Crippen LogP contribution in [0.2, 0.25) is 0 Å². The Bertz CT molecular complexity index is 905. The van der Waals surface area contributed by atoms with Gasteiger partial charge in [0.15, 0.2) is 0 Å². The largest absolute Gasteiger partial charge is 0.362 e.